The van der Waals surface area contributed by atoms with E-state index < -0.39 is 6.04 Å². The molecule has 1 aliphatic carbocycles. The van der Waals surface area contributed by atoms with E-state index in [-0.39, 0.29) is 17.2 Å². The molecule has 4 rings (SSSR count). The molecule has 1 saturated heterocycles. The Morgan fingerprint density at radius 3 is 2.47 bits per heavy atom. The number of benzene rings is 1. The fraction of sp³-hybridized carbons (Fsp3) is 0.565. The molecule has 1 unspecified atom stereocenters. The predicted molar refractivity (Wildman–Crippen MR) is 112 cm³/mol. The second-order valence-electron chi connectivity index (χ2n) is 8.79. The second-order valence-corrected chi connectivity index (χ2v) is 8.79. The van der Waals surface area contributed by atoms with E-state index in [9.17, 15) is 9.59 Å². The van der Waals surface area contributed by atoms with Crippen LogP contribution in [0.5, 0.6) is 0 Å². The summed E-state index contributed by atoms with van der Waals surface area (Å²) in [6.07, 6.45) is 5.98. The lowest BCUT2D eigenvalue weighted by Gasteiger charge is -2.37. The first kappa shape index (κ1) is 20.6. The van der Waals surface area contributed by atoms with Gasteiger partial charge in [0, 0.05) is 24.1 Å². The third-order valence-electron chi connectivity index (χ3n) is 6.47. The Bertz CT molecular complexity index is 889. The van der Waals surface area contributed by atoms with Crippen LogP contribution in [-0.2, 0) is 4.79 Å². The smallest absolute Gasteiger partial charge is 0.254 e. The van der Waals surface area contributed by atoms with Gasteiger partial charge in [0.25, 0.3) is 11.8 Å². The van der Waals surface area contributed by atoms with Crippen molar-refractivity contribution >= 4 is 11.8 Å². The van der Waals surface area contributed by atoms with Crippen molar-refractivity contribution in [3.8, 4) is 0 Å². The maximum atomic E-state index is 13.5. The average Bonchev–Trinajstić information content (AvgIpc) is 3.08. The van der Waals surface area contributed by atoms with Crippen LogP contribution in [0.2, 0.25) is 0 Å². The van der Waals surface area contributed by atoms with E-state index in [0.717, 1.165) is 32.1 Å². The van der Waals surface area contributed by atoms with Crippen molar-refractivity contribution in [3.05, 3.63) is 47.6 Å². The van der Waals surface area contributed by atoms with Crippen molar-refractivity contribution in [2.45, 2.75) is 58.4 Å². The lowest BCUT2D eigenvalue weighted by atomic mass is 9.74. The van der Waals surface area contributed by atoms with Crippen LogP contribution >= 0.6 is 0 Å². The van der Waals surface area contributed by atoms with E-state index in [4.69, 9.17) is 4.52 Å². The standard InChI is InChI=1S/C23H30N4O3/c1-17-24-20(30-25-17)19-16-26(22(29)23(2)12-7-4-8-13-23)14-9-15-27(19)21(28)18-10-5-3-6-11-18/h3,5-6,10-11,19H,4,7-9,12-16H2,1-2H3. The number of aryl methyl sites for hydroxylation is 1. The molecule has 0 N–H and O–H groups in total. The van der Waals surface area contributed by atoms with Gasteiger partial charge in [-0.05, 0) is 38.3 Å². The minimum absolute atomic E-state index is 0.0744. The molecule has 7 heteroatoms. The summed E-state index contributed by atoms with van der Waals surface area (Å²) < 4.78 is 5.48. The summed E-state index contributed by atoms with van der Waals surface area (Å²) in [5.74, 6) is 1.04. The summed E-state index contributed by atoms with van der Waals surface area (Å²) in [6.45, 7) is 5.42. The Morgan fingerprint density at radius 2 is 1.80 bits per heavy atom. The minimum atomic E-state index is -0.447. The van der Waals surface area contributed by atoms with Crippen molar-refractivity contribution in [2.24, 2.45) is 5.41 Å². The van der Waals surface area contributed by atoms with Crippen molar-refractivity contribution in [1.29, 1.82) is 0 Å². The first-order valence-corrected chi connectivity index (χ1v) is 10.9. The Balaban J connectivity index is 1.63. The molecule has 7 nitrogen and oxygen atoms in total. The molecule has 0 bridgehead atoms. The SMILES string of the molecule is Cc1noc(C2CN(C(=O)C3(C)CCCCC3)CCCN2C(=O)c2ccccc2)n1. The van der Waals surface area contributed by atoms with E-state index in [1.165, 1.54) is 6.42 Å². The summed E-state index contributed by atoms with van der Waals surface area (Å²) in [5, 5.41) is 3.93. The molecule has 0 spiro atoms. The molecule has 0 radical (unpaired) electrons. The minimum Gasteiger partial charge on any atom is -0.340 e. The predicted octanol–water partition coefficient (Wildman–Crippen LogP) is 3.76. The number of carbonyl (C=O) groups excluding carboxylic acids is 2. The summed E-state index contributed by atoms with van der Waals surface area (Å²) in [6, 6.07) is 8.79. The molecule has 2 aliphatic rings. The fourth-order valence-electron chi connectivity index (χ4n) is 4.75. The highest BCUT2D eigenvalue weighted by molar-refractivity contribution is 5.94. The number of hydrogen-bond donors (Lipinski definition) is 0. The molecule has 1 saturated carbocycles. The highest BCUT2D eigenvalue weighted by Gasteiger charge is 2.41. The molecule has 1 aliphatic heterocycles. The van der Waals surface area contributed by atoms with Crippen LogP contribution in [0.1, 0.15) is 73.6 Å². The molecule has 1 aromatic carbocycles. The van der Waals surface area contributed by atoms with Gasteiger partial charge in [-0.15, -0.1) is 0 Å². The number of aromatic nitrogens is 2. The summed E-state index contributed by atoms with van der Waals surface area (Å²) in [4.78, 5) is 35.0. The van der Waals surface area contributed by atoms with Crippen molar-refractivity contribution in [3.63, 3.8) is 0 Å². The van der Waals surface area contributed by atoms with Gasteiger partial charge in [0.1, 0.15) is 6.04 Å². The number of nitrogens with zero attached hydrogens (tertiary/aromatic N) is 4. The molecular formula is C23H30N4O3. The summed E-state index contributed by atoms with van der Waals surface area (Å²) in [5.41, 5.74) is 0.310. The van der Waals surface area contributed by atoms with Crippen LogP contribution in [0.4, 0.5) is 0 Å². The van der Waals surface area contributed by atoms with Gasteiger partial charge in [-0.2, -0.15) is 4.98 Å². The molecule has 30 heavy (non-hydrogen) atoms. The molecule has 160 valence electrons. The van der Waals surface area contributed by atoms with Crippen molar-refractivity contribution in [2.75, 3.05) is 19.6 Å². The lowest BCUT2D eigenvalue weighted by Crippen LogP contribution is -2.46. The Morgan fingerprint density at radius 1 is 1.07 bits per heavy atom. The van der Waals surface area contributed by atoms with E-state index in [1.54, 1.807) is 11.8 Å². The van der Waals surface area contributed by atoms with Crippen LogP contribution in [0.25, 0.3) is 0 Å². The van der Waals surface area contributed by atoms with Crippen LogP contribution in [0.15, 0.2) is 34.9 Å². The van der Waals surface area contributed by atoms with Gasteiger partial charge in [0.05, 0.1) is 6.54 Å². The Hall–Kier alpha value is -2.70. The van der Waals surface area contributed by atoms with Crippen molar-refractivity contribution in [1.82, 2.24) is 19.9 Å². The zero-order valence-electron chi connectivity index (χ0n) is 17.8. The van der Waals surface area contributed by atoms with Gasteiger partial charge >= 0.3 is 0 Å². The van der Waals surface area contributed by atoms with Crippen LogP contribution in [-0.4, -0.2) is 51.4 Å². The Kier molecular flexibility index (Phi) is 5.88. The van der Waals surface area contributed by atoms with Gasteiger partial charge in [-0.25, -0.2) is 0 Å². The molecule has 2 heterocycles. The van der Waals surface area contributed by atoms with Crippen LogP contribution in [0.3, 0.4) is 0 Å². The largest absolute Gasteiger partial charge is 0.340 e. The number of amides is 2. The molecule has 1 aromatic heterocycles. The number of carbonyl (C=O) groups is 2. The molecule has 2 fully saturated rings. The average molecular weight is 411 g/mol. The third kappa shape index (κ3) is 4.11. The zero-order valence-corrected chi connectivity index (χ0v) is 17.8. The summed E-state index contributed by atoms with van der Waals surface area (Å²) in [7, 11) is 0. The molecular weight excluding hydrogens is 380 g/mol. The van der Waals surface area contributed by atoms with Crippen LogP contribution < -0.4 is 0 Å². The molecule has 2 amide bonds. The first-order chi connectivity index (χ1) is 14.5. The highest BCUT2D eigenvalue weighted by atomic mass is 16.5. The van der Waals surface area contributed by atoms with Gasteiger partial charge in [-0.1, -0.05) is 49.5 Å². The van der Waals surface area contributed by atoms with E-state index >= 15 is 0 Å². The molecule has 1 atom stereocenters. The maximum absolute atomic E-state index is 13.5. The quantitative estimate of drug-likeness (QED) is 0.770. The molecule has 2 aromatic rings. The number of hydrogen-bond acceptors (Lipinski definition) is 5. The third-order valence-corrected chi connectivity index (χ3v) is 6.47. The van der Waals surface area contributed by atoms with Gasteiger partial charge in [-0.3, -0.25) is 9.59 Å². The van der Waals surface area contributed by atoms with E-state index in [0.29, 0.717) is 36.9 Å². The van der Waals surface area contributed by atoms with E-state index in [1.807, 2.05) is 35.2 Å². The zero-order chi connectivity index (χ0) is 21.1. The van der Waals surface area contributed by atoms with Gasteiger partial charge in [0.15, 0.2) is 5.82 Å². The van der Waals surface area contributed by atoms with Gasteiger partial charge < -0.3 is 14.3 Å². The van der Waals surface area contributed by atoms with Gasteiger partial charge in [0.2, 0.25) is 5.91 Å². The number of rotatable bonds is 3. The maximum Gasteiger partial charge on any atom is 0.254 e. The lowest BCUT2D eigenvalue weighted by molar-refractivity contribution is -0.143. The summed E-state index contributed by atoms with van der Waals surface area (Å²) >= 11 is 0. The van der Waals surface area contributed by atoms with Crippen LogP contribution in [0, 0.1) is 12.3 Å². The topological polar surface area (TPSA) is 79.5 Å². The fourth-order valence-corrected chi connectivity index (χ4v) is 4.75. The first-order valence-electron chi connectivity index (χ1n) is 10.9. The van der Waals surface area contributed by atoms with Crippen molar-refractivity contribution < 1.29 is 14.1 Å². The highest BCUT2D eigenvalue weighted by Crippen LogP contribution is 2.38. The monoisotopic (exact) mass is 410 g/mol. The second kappa shape index (κ2) is 8.58. The Labute approximate surface area is 177 Å². The normalized spacial score (nSPS) is 21.9. The van der Waals surface area contributed by atoms with E-state index in [2.05, 4.69) is 17.1 Å².